The highest BCUT2D eigenvalue weighted by Crippen LogP contribution is 2.30. The molecular weight excluding hydrogens is 230 g/mol. The number of carbonyl (C=O) groups is 2. The molecular formula is C13H17N3O2. The lowest BCUT2D eigenvalue weighted by Gasteiger charge is -2.08. The van der Waals surface area contributed by atoms with Gasteiger partial charge in [0.25, 0.3) is 0 Å². The molecule has 1 fully saturated rings. The van der Waals surface area contributed by atoms with Crippen LogP contribution in [0.1, 0.15) is 19.8 Å². The average Bonchev–Trinajstić information content (AvgIpc) is 3.13. The summed E-state index contributed by atoms with van der Waals surface area (Å²) in [6.45, 7) is 2.43. The largest absolute Gasteiger partial charge is 0.338 e. The molecule has 1 aliphatic rings. The van der Waals surface area contributed by atoms with Crippen LogP contribution in [0.3, 0.4) is 0 Å². The van der Waals surface area contributed by atoms with E-state index in [0.717, 1.165) is 12.8 Å². The smallest absolute Gasteiger partial charge is 0.319 e. The first-order valence-electron chi connectivity index (χ1n) is 6.15. The molecule has 96 valence electrons. The van der Waals surface area contributed by atoms with E-state index in [9.17, 15) is 9.59 Å². The second kappa shape index (κ2) is 5.53. The van der Waals surface area contributed by atoms with Crippen LogP contribution in [-0.4, -0.2) is 18.5 Å². The van der Waals surface area contributed by atoms with Gasteiger partial charge in [0.15, 0.2) is 0 Å². The Kier molecular flexibility index (Phi) is 3.82. The van der Waals surface area contributed by atoms with E-state index >= 15 is 0 Å². The Morgan fingerprint density at radius 1 is 1.22 bits per heavy atom. The quantitative estimate of drug-likeness (QED) is 0.763. The molecule has 0 heterocycles. The molecule has 0 atom stereocenters. The lowest BCUT2D eigenvalue weighted by atomic mass is 10.2. The lowest BCUT2D eigenvalue weighted by Crippen LogP contribution is -2.28. The van der Waals surface area contributed by atoms with Crippen molar-refractivity contribution in [2.45, 2.75) is 19.8 Å². The molecule has 0 saturated heterocycles. The van der Waals surface area contributed by atoms with E-state index in [0.29, 0.717) is 17.9 Å². The number of hydrogen-bond donors (Lipinski definition) is 3. The Labute approximate surface area is 106 Å². The highest BCUT2D eigenvalue weighted by molar-refractivity contribution is 5.95. The normalized spacial score (nSPS) is 13.8. The van der Waals surface area contributed by atoms with Gasteiger partial charge in [-0.3, -0.25) is 4.79 Å². The summed E-state index contributed by atoms with van der Waals surface area (Å²) in [5, 5.41) is 8.18. The van der Waals surface area contributed by atoms with Gasteiger partial charge in [0.05, 0.1) is 0 Å². The third kappa shape index (κ3) is 3.48. The molecule has 1 aromatic carbocycles. The van der Waals surface area contributed by atoms with Crippen molar-refractivity contribution in [3.63, 3.8) is 0 Å². The third-order valence-corrected chi connectivity index (χ3v) is 2.67. The van der Waals surface area contributed by atoms with Crippen LogP contribution < -0.4 is 16.0 Å². The van der Waals surface area contributed by atoms with Crippen molar-refractivity contribution in [1.29, 1.82) is 0 Å². The standard InChI is InChI=1S/C13H17N3O2/c1-2-14-13(18)16-11-5-3-4-10(8-11)15-12(17)9-6-7-9/h3-5,8-9H,2,6-7H2,1H3,(H,15,17)(H2,14,16,18). The molecule has 0 aliphatic heterocycles. The van der Waals surface area contributed by atoms with E-state index < -0.39 is 0 Å². The molecule has 0 unspecified atom stereocenters. The molecule has 0 spiro atoms. The molecule has 5 nitrogen and oxygen atoms in total. The maximum atomic E-state index is 11.6. The predicted octanol–water partition coefficient (Wildman–Crippen LogP) is 2.18. The number of anilines is 2. The van der Waals surface area contributed by atoms with Crippen LogP contribution in [0.15, 0.2) is 24.3 Å². The van der Waals surface area contributed by atoms with Crippen molar-refractivity contribution in [2.75, 3.05) is 17.2 Å². The zero-order valence-corrected chi connectivity index (χ0v) is 10.3. The van der Waals surface area contributed by atoms with Gasteiger partial charge in [-0.1, -0.05) is 6.07 Å². The summed E-state index contributed by atoms with van der Waals surface area (Å²) >= 11 is 0. The fraction of sp³-hybridized carbons (Fsp3) is 0.385. The van der Waals surface area contributed by atoms with Crippen molar-refractivity contribution < 1.29 is 9.59 Å². The van der Waals surface area contributed by atoms with Gasteiger partial charge in [0.1, 0.15) is 0 Å². The molecule has 0 bridgehead atoms. The van der Waals surface area contributed by atoms with Crippen LogP contribution in [0.4, 0.5) is 16.2 Å². The molecule has 1 aromatic rings. The van der Waals surface area contributed by atoms with E-state index in [4.69, 9.17) is 0 Å². The van der Waals surface area contributed by atoms with Crippen LogP contribution >= 0.6 is 0 Å². The molecule has 0 aromatic heterocycles. The molecule has 1 saturated carbocycles. The molecule has 3 amide bonds. The average molecular weight is 247 g/mol. The number of urea groups is 1. The summed E-state index contributed by atoms with van der Waals surface area (Å²) in [6, 6.07) is 6.88. The predicted molar refractivity (Wildman–Crippen MR) is 70.5 cm³/mol. The topological polar surface area (TPSA) is 70.2 Å². The minimum Gasteiger partial charge on any atom is -0.338 e. The Morgan fingerprint density at radius 2 is 1.89 bits per heavy atom. The van der Waals surface area contributed by atoms with Crippen LogP contribution in [0.2, 0.25) is 0 Å². The number of benzene rings is 1. The van der Waals surface area contributed by atoms with Gasteiger partial charge in [-0.15, -0.1) is 0 Å². The van der Waals surface area contributed by atoms with Crippen LogP contribution in [-0.2, 0) is 4.79 Å². The molecule has 0 radical (unpaired) electrons. The van der Waals surface area contributed by atoms with Gasteiger partial charge < -0.3 is 16.0 Å². The monoisotopic (exact) mass is 247 g/mol. The Morgan fingerprint density at radius 3 is 2.50 bits per heavy atom. The van der Waals surface area contributed by atoms with Crippen LogP contribution in [0.5, 0.6) is 0 Å². The fourth-order valence-electron chi connectivity index (χ4n) is 1.60. The van der Waals surface area contributed by atoms with E-state index in [1.54, 1.807) is 18.2 Å². The molecule has 3 N–H and O–H groups in total. The first-order chi connectivity index (χ1) is 8.69. The number of rotatable bonds is 4. The van der Waals surface area contributed by atoms with Gasteiger partial charge in [0, 0.05) is 23.8 Å². The van der Waals surface area contributed by atoms with Gasteiger partial charge in [-0.05, 0) is 38.0 Å². The van der Waals surface area contributed by atoms with Gasteiger partial charge in [-0.25, -0.2) is 4.79 Å². The lowest BCUT2D eigenvalue weighted by molar-refractivity contribution is -0.117. The number of hydrogen-bond acceptors (Lipinski definition) is 2. The second-order valence-corrected chi connectivity index (χ2v) is 4.33. The molecule has 5 heteroatoms. The van der Waals surface area contributed by atoms with E-state index in [1.807, 2.05) is 13.0 Å². The summed E-state index contributed by atoms with van der Waals surface area (Å²) < 4.78 is 0. The van der Waals surface area contributed by atoms with Gasteiger partial charge >= 0.3 is 6.03 Å². The van der Waals surface area contributed by atoms with Crippen molar-refractivity contribution in [1.82, 2.24) is 5.32 Å². The molecule has 1 aliphatic carbocycles. The zero-order chi connectivity index (χ0) is 13.0. The van der Waals surface area contributed by atoms with Crippen molar-refractivity contribution in [3.8, 4) is 0 Å². The van der Waals surface area contributed by atoms with E-state index in [-0.39, 0.29) is 17.9 Å². The van der Waals surface area contributed by atoms with Gasteiger partial charge in [-0.2, -0.15) is 0 Å². The highest BCUT2D eigenvalue weighted by Gasteiger charge is 2.29. The molecule has 2 rings (SSSR count). The molecule has 18 heavy (non-hydrogen) atoms. The van der Waals surface area contributed by atoms with Crippen LogP contribution in [0, 0.1) is 5.92 Å². The fourth-order valence-corrected chi connectivity index (χ4v) is 1.60. The Hall–Kier alpha value is -2.04. The van der Waals surface area contributed by atoms with Crippen molar-refractivity contribution in [2.24, 2.45) is 5.92 Å². The van der Waals surface area contributed by atoms with E-state index in [2.05, 4.69) is 16.0 Å². The Balaban J connectivity index is 1.95. The Bertz CT molecular complexity index is 455. The summed E-state index contributed by atoms with van der Waals surface area (Å²) in [4.78, 5) is 23.0. The minimum atomic E-state index is -0.247. The van der Waals surface area contributed by atoms with Gasteiger partial charge in [0.2, 0.25) is 5.91 Å². The second-order valence-electron chi connectivity index (χ2n) is 4.33. The maximum Gasteiger partial charge on any atom is 0.319 e. The van der Waals surface area contributed by atoms with E-state index in [1.165, 1.54) is 0 Å². The van der Waals surface area contributed by atoms with Crippen molar-refractivity contribution >= 4 is 23.3 Å². The summed E-state index contributed by atoms with van der Waals surface area (Å²) in [5.74, 6) is 0.232. The first-order valence-corrected chi connectivity index (χ1v) is 6.15. The number of carbonyl (C=O) groups excluding carboxylic acids is 2. The minimum absolute atomic E-state index is 0.0603. The number of amides is 3. The number of nitrogens with one attached hydrogen (secondary N) is 3. The first kappa shape index (κ1) is 12.4. The maximum absolute atomic E-state index is 11.6. The summed E-state index contributed by atoms with van der Waals surface area (Å²) in [7, 11) is 0. The zero-order valence-electron chi connectivity index (χ0n) is 10.3. The SMILES string of the molecule is CCNC(=O)Nc1cccc(NC(=O)C2CC2)c1. The third-order valence-electron chi connectivity index (χ3n) is 2.67. The highest BCUT2D eigenvalue weighted by atomic mass is 16.2. The van der Waals surface area contributed by atoms with Crippen molar-refractivity contribution in [3.05, 3.63) is 24.3 Å². The summed E-state index contributed by atoms with van der Waals surface area (Å²) in [6.07, 6.45) is 1.95. The van der Waals surface area contributed by atoms with Crippen LogP contribution in [0.25, 0.3) is 0 Å². The summed E-state index contributed by atoms with van der Waals surface area (Å²) in [5.41, 5.74) is 1.37.